The average molecular weight is 316 g/mol. The summed E-state index contributed by atoms with van der Waals surface area (Å²) in [5.41, 5.74) is 0.954. The lowest BCUT2D eigenvalue weighted by Crippen LogP contribution is -2.46. The van der Waals surface area contributed by atoms with Gasteiger partial charge in [-0.2, -0.15) is 0 Å². The van der Waals surface area contributed by atoms with Crippen LogP contribution in [0.3, 0.4) is 0 Å². The second-order valence-electron chi connectivity index (χ2n) is 6.44. The normalized spacial score (nSPS) is 22.8. The van der Waals surface area contributed by atoms with E-state index >= 15 is 0 Å². The van der Waals surface area contributed by atoms with Crippen molar-refractivity contribution in [1.82, 2.24) is 19.8 Å². The predicted octanol–water partition coefficient (Wildman–Crippen LogP) is 1.59. The molecule has 2 aliphatic rings. The Morgan fingerprint density at radius 1 is 1.17 bits per heavy atom. The molecular formula is C17H24N4O2. The summed E-state index contributed by atoms with van der Waals surface area (Å²) >= 11 is 0. The van der Waals surface area contributed by atoms with E-state index in [2.05, 4.69) is 9.97 Å². The first kappa shape index (κ1) is 15.9. The molecule has 0 saturated carbocycles. The average Bonchev–Trinajstić information content (AvgIpc) is 2.80. The second kappa shape index (κ2) is 7.53. The highest BCUT2D eigenvalue weighted by Crippen LogP contribution is 2.25. The van der Waals surface area contributed by atoms with Crippen LogP contribution in [0, 0.1) is 0 Å². The minimum atomic E-state index is 0.0637. The van der Waals surface area contributed by atoms with Crippen LogP contribution in [0.4, 0.5) is 0 Å². The molecule has 6 heteroatoms. The summed E-state index contributed by atoms with van der Waals surface area (Å²) in [6, 6.07) is 0. The van der Waals surface area contributed by atoms with Crippen LogP contribution in [0.5, 0.6) is 0 Å². The standard InChI is InChI=1S/C17H24N4O2/c22-16-6-2-1-3-9-21(16)13-17(23)20-10-4-5-14(12-20)15-11-18-7-8-19-15/h7-8,11,14H,1-6,9-10,12-13H2. The maximum Gasteiger partial charge on any atom is 0.242 e. The van der Waals surface area contributed by atoms with Crippen molar-refractivity contribution in [2.75, 3.05) is 26.2 Å². The minimum Gasteiger partial charge on any atom is -0.340 e. The van der Waals surface area contributed by atoms with E-state index in [0.717, 1.165) is 44.3 Å². The quantitative estimate of drug-likeness (QED) is 0.849. The summed E-state index contributed by atoms with van der Waals surface area (Å²) in [5, 5.41) is 0. The van der Waals surface area contributed by atoms with E-state index in [9.17, 15) is 9.59 Å². The highest BCUT2D eigenvalue weighted by molar-refractivity contribution is 5.85. The lowest BCUT2D eigenvalue weighted by molar-refractivity contribution is -0.140. The summed E-state index contributed by atoms with van der Waals surface area (Å²) in [5.74, 6) is 0.438. The molecule has 0 radical (unpaired) electrons. The number of amides is 2. The molecule has 1 aromatic heterocycles. The molecule has 124 valence electrons. The topological polar surface area (TPSA) is 66.4 Å². The number of carbonyl (C=O) groups excluding carboxylic acids is 2. The van der Waals surface area contributed by atoms with Gasteiger partial charge in [-0.1, -0.05) is 6.42 Å². The first-order valence-corrected chi connectivity index (χ1v) is 8.55. The third-order valence-corrected chi connectivity index (χ3v) is 4.77. The van der Waals surface area contributed by atoms with Gasteiger partial charge in [0.25, 0.3) is 0 Å². The zero-order chi connectivity index (χ0) is 16.1. The molecule has 1 atom stereocenters. The molecule has 0 spiro atoms. The van der Waals surface area contributed by atoms with Crippen LogP contribution in [-0.2, 0) is 9.59 Å². The molecule has 3 heterocycles. The fourth-order valence-corrected chi connectivity index (χ4v) is 3.44. The van der Waals surface area contributed by atoms with E-state index in [1.54, 1.807) is 23.5 Å². The Balaban J connectivity index is 1.59. The minimum absolute atomic E-state index is 0.0637. The maximum atomic E-state index is 12.6. The third-order valence-electron chi connectivity index (χ3n) is 4.77. The largest absolute Gasteiger partial charge is 0.340 e. The van der Waals surface area contributed by atoms with Gasteiger partial charge in [-0.25, -0.2) is 0 Å². The zero-order valence-electron chi connectivity index (χ0n) is 13.5. The molecule has 0 aliphatic carbocycles. The van der Waals surface area contributed by atoms with Gasteiger partial charge >= 0.3 is 0 Å². The SMILES string of the molecule is O=C1CCCCCN1CC(=O)N1CCCC(c2cnccn2)C1. The fraction of sp³-hybridized carbons (Fsp3) is 0.647. The highest BCUT2D eigenvalue weighted by atomic mass is 16.2. The molecule has 3 rings (SSSR count). The number of carbonyl (C=O) groups is 2. The molecule has 1 unspecified atom stereocenters. The van der Waals surface area contributed by atoms with Crippen molar-refractivity contribution in [1.29, 1.82) is 0 Å². The van der Waals surface area contributed by atoms with E-state index in [-0.39, 0.29) is 24.3 Å². The van der Waals surface area contributed by atoms with Crippen molar-refractivity contribution in [3.8, 4) is 0 Å². The molecular weight excluding hydrogens is 292 g/mol. The Morgan fingerprint density at radius 3 is 2.91 bits per heavy atom. The number of likely N-dealkylation sites (tertiary alicyclic amines) is 2. The molecule has 2 saturated heterocycles. The highest BCUT2D eigenvalue weighted by Gasteiger charge is 2.28. The number of piperidine rings is 1. The number of hydrogen-bond donors (Lipinski definition) is 0. The first-order chi connectivity index (χ1) is 11.2. The molecule has 0 bridgehead atoms. The summed E-state index contributed by atoms with van der Waals surface area (Å²) in [7, 11) is 0. The van der Waals surface area contributed by atoms with Crippen LogP contribution in [-0.4, -0.2) is 57.8 Å². The van der Waals surface area contributed by atoms with Crippen LogP contribution in [0.25, 0.3) is 0 Å². The van der Waals surface area contributed by atoms with Gasteiger partial charge in [0.1, 0.15) is 0 Å². The van der Waals surface area contributed by atoms with Gasteiger partial charge < -0.3 is 9.80 Å². The Kier molecular flexibility index (Phi) is 5.20. The predicted molar refractivity (Wildman–Crippen MR) is 85.6 cm³/mol. The molecule has 1 aromatic rings. The van der Waals surface area contributed by atoms with Crippen LogP contribution in [0.15, 0.2) is 18.6 Å². The van der Waals surface area contributed by atoms with E-state index < -0.39 is 0 Å². The van der Waals surface area contributed by atoms with Crippen LogP contribution < -0.4 is 0 Å². The molecule has 0 aromatic carbocycles. The summed E-state index contributed by atoms with van der Waals surface area (Å²) in [6.45, 7) is 2.40. The Morgan fingerprint density at radius 2 is 2.09 bits per heavy atom. The fourth-order valence-electron chi connectivity index (χ4n) is 3.44. The monoisotopic (exact) mass is 316 g/mol. The summed E-state index contributed by atoms with van der Waals surface area (Å²) in [6.07, 6.45) is 10.8. The van der Waals surface area contributed by atoms with Gasteiger partial charge in [-0.15, -0.1) is 0 Å². The first-order valence-electron chi connectivity index (χ1n) is 8.55. The van der Waals surface area contributed by atoms with Gasteiger partial charge in [0.2, 0.25) is 11.8 Å². The third kappa shape index (κ3) is 4.06. The van der Waals surface area contributed by atoms with Crippen molar-refractivity contribution < 1.29 is 9.59 Å². The van der Waals surface area contributed by atoms with Crippen molar-refractivity contribution >= 4 is 11.8 Å². The molecule has 2 aliphatic heterocycles. The molecule has 2 amide bonds. The lowest BCUT2D eigenvalue weighted by Gasteiger charge is -2.33. The van der Waals surface area contributed by atoms with Gasteiger partial charge in [0, 0.05) is 50.6 Å². The van der Waals surface area contributed by atoms with E-state index in [0.29, 0.717) is 19.5 Å². The zero-order valence-corrected chi connectivity index (χ0v) is 13.5. The van der Waals surface area contributed by atoms with E-state index in [1.165, 1.54) is 0 Å². The molecule has 0 N–H and O–H groups in total. The number of aromatic nitrogens is 2. The summed E-state index contributed by atoms with van der Waals surface area (Å²) in [4.78, 5) is 36.8. The summed E-state index contributed by atoms with van der Waals surface area (Å²) < 4.78 is 0. The molecule has 6 nitrogen and oxygen atoms in total. The molecule has 23 heavy (non-hydrogen) atoms. The van der Waals surface area contributed by atoms with Crippen molar-refractivity contribution in [2.45, 2.75) is 44.4 Å². The van der Waals surface area contributed by atoms with E-state index in [1.807, 2.05) is 4.90 Å². The number of rotatable bonds is 3. The van der Waals surface area contributed by atoms with Crippen LogP contribution in [0.2, 0.25) is 0 Å². The smallest absolute Gasteiger partial charge is 0.242 e. The van der Waals surface area contributed by atoms with Crippen molar-refractivity contribution in [2.24, 2.45) is 0 Å². The van der Waals surface area contributed by atoms with Crippen LogP contribution in [0.1, 0.15) is 50.1 Å². The van der Waals surface area contributed by atoms with Gasteiger partial charge in [0.05, 0.1) is 12.2 Å². The van der Waals surface area contributed by atoms with Gasteiger partial charge in [0.15, 0.2) is 0 Å². The number of hydrogen-bond acceptors (Lipinski definition) is 4. The molecule has 2 fully saturated rings. The van der Waals surface area contributed by atoms with Crippen LogP contribution >= 0.6 is 0 Å². The lowest BCUT2D eigenvalue weighted by atomic mass is 9.95. The Hall–Kier alpha value is -1.98. The van der Waals surface area contributed by atoms with Crippen molar-refractivity contribution in [3.05, 3.63) is 24.3 Å². The Bertz CT molecular complexity index is 549. The van der Waals surface area contributed by atoms with Gasteiger partial charge in [-0.3, -0.25) is 19.6 Å². The van der Waals surface area contributed by atoms with E-state index in [4.69, 9.17) is 0 Å². The maximum absolute atomic E-state index is 12.6. The number of nitrogens with zero attached hydrogens (tertiary/aromatic N) is 4. The van der Waals surface area contributed by atoms with Crippen molar-refractivity contribution in [3.63, 3.8) is 0 Å². The Labute approximate surface area is 136 Å². The van der Waals surface area contributed by atoms with Gasteiger partial charge in [-0.05, 0) is 25.7 Å². The second-order valence-corrected chi connectivity index (χ2v) is 6.44.